The molecule has 7 nitrogen and oxygen atoms in total. The molecule has 26 heavy (non-hydrogen) atoms. The summed E-state index contributed by atoms with van der Waals surface area (Å²) in [6.07, 6.45) is 2.75. The number of anilines is 1. The molecule has 0 aliphatic heterocycles. The van der Waals surface area contributed by atoms with E-state index < -0.39 is 6.10 Å². The van der Waals surface area contributed by atoms with Gasteiger partial charge in [-0.3, -0.25) is 10.2 Å². The summed E-state index contributed by atoms with van der Waals surface area (Å²) < 4.78 is 11.4. The number of carbonyl (C=O) groups is 1. The third-order valence-electron chi connectivity index (χ3n) is 3.42. The first kappa shape index (κ1) is 19.2. The van der Waals surface area contributed by atoms with Crippen molar-refractivity contribution in [1.29, 1.82) is 0 Å². The second-order valence-corrected chi connectivity index (χ2v) is 5.72. The molecular weight excluding hydrogens is 332 g/mol. The number of benzene rings is 1. The van der Waals surface area contributed by atoms with Crippen molar-refractivity contribution in [2.75, 3.05) is 26.1 Å². The van der Waals surface area contributed by atoms with Crippen LogP contribution in [-0.4, -0.2) is 48.8 Å². The molecule has 138 valence electrons. The van der Waals surface area contributed by atoms with E-state index in [2.05, 4.69) is 15.5 Å². The number of amides is 1. The zero-order chi connectivity index (χ0) is 18.9. The number of likely N-dealkylation sites (N-methyl/N-ethyl adjacent to an activating group) is 1. The van der Waals surface area contributed by atoms with Crippen molar-refractivity contribution >= 4 is 17.9 Å². The molecule has 1 aromatic heterocycles. The Hall–Kier alpha value is -3.09. The highest BCUT2D eigenvalue weighted by Gasteiger charge is 2.18. The lowest BCUT2D eigenvalue weighted by atomic mass is 10.2. The number of carbonyl (C=O) groups excluding carboxylic acids is 1. The fourth-order valence-electron chi connectivity index (χ4n) is 2.18. The van der Waals surface area contributed by atoms with Gasteiger partial charge in [0.1, 0.15) is 5.82 Å². The highest BCUT2D eigenvalue weighted by molar-refractivity contribution is 5.82. The monoisotopic (exact) mass is 356 g/mol. The number of aromatic nitrogens is 1. The van der Waals surface area contributed by atoms with Gasteiger partial charge in [-0.25, -0.2) is 4.98 Å². The van der Waals surface area contributed by atoms with Crippen LogP contribution in [0, 0.1) is 0 Å². The summed E-state index contributed by atoms with van der Waals surface area (Å²) >= 11 is 0. The quantitative estimate of drug-likeness (QED) is 0.581. The zero-order valence-electron chi connectivity index (χ0n) is 15.5. The van der Waals surface area contributed by atoms with Gasteiger partial charge in [-0.05, 0) is 49.7 Å². The fourth-order valence-corrected chi connectivity index (χ4v) is 2.18. The van der Waals surface area contributed by atoms with Gasteiger partial charge in [0.15, 0.2) is 17.6 Å². The van der Waals surface area contributed by atoms with Crippen LogP contribution in [0.3, 0.4) is 0 Å². The second kappa shape index (κ2) is 9.41. The Morgan fingerprint density at radius 2 is 2.12 bits per heavy atom. The van der Waals surface area contributed by atoms with Crippen LogP contribution in [0.15, 0.2) is 47.7 Å². The summed E-state index contributed by atoms with van der Waals surface area (Å²) in [6, 6.07) is 11.0. The number of hydrogen-bond donors (Lipinski definition) is 1. The predicted octanol–water partition coefficient (Wildman–Crippen LogP) is 2.78. The minimum atomic E-state index is -0.602. The molecule has 0 aliphatic rings. The Labute approximate surface area is 153 Å². The number of hydrazone groups is 1. The lowest BCUT2D eigenvalue weighted by Gasteiger charge is -2.20. The summed E-state index contributed by atoms with van der Waals surface area (Å²) in [5.74, 6) is 1.62. The molecule has 0 saturated carbocycles. The van der Waals surface area contributed by atoms with E-state index >= 15 is 0 Å². The van der Waals surface area contributed by atoms with E-state index in [4.69, 9.17) is 9.47 Å². The average Bonchev–Trinajstić information content (AvgIpc) is 2.64. The number of nitrogens with one attached hydrogen (secondary N) is 1. The Balaban J connectivity index is 2.10. The summed E-state index contributed by atoms with van der Waals surface area (Å²) in [7, 11) is 3.39. The van der Waals surface area contributed by atoms with Crippen LogP contribution in [0.5, 0.6) is 11.5 Å². The minimum Gasteiger partial charge on any atom is -0.490 e. The average molecular weight is 356 g/mol. The zero-order valence-corrected chi connectivity index (χ0v) is 15.5. The summed E-state index contributed by atoms with van der Waals surface area (Å²) in [4.78, 5) is 17.6. The van der Waals surface area contributed by atoms with Crippen LogP contribution in [0.4, 0.5) is 5.82 Å². The number of nitrogens with zero attached hydrogens (tertiary/aromatic N) is 3. The number of rotatable bonds is 8. The van der Waals surface area contributed by atoms with Crippen LogP contribution in [-0.2, 0) is 4.79 Å². The van der Waals surface area contributed by atoms with Crippen molar-refractivity contribution < 1.29 is 14.3 Å². The number of ether oxygens (including phenoxy) is 2. The molecule has 0 bridgehead atoms. The van der Waals surface area contributed by atoms with Crippen molar-refractivity contribution in [3.8, 4) is 11.5 Å². The Morgan fingerprint density at radius 1 is 1.31 bits per heavy atom. The lowest BCUT2D eigenvalue weighted by Crippen LogP contribution is -2.35. The Morgan fingerprint density at radius 3 is 2.77 bits per heavy atom. The standard InChI is InChI=1S/C19H24N4O3/c1-5-25-17-12-15(13-21-22-18-8-6-7-11-20-18)9-10-16(17)26-14(2)19(24)23(3)4/h6-14H,5H2,1-4H3,(H,20,22)/b21-13-/t14-/m1/s1. The van der Waals surface area contributed by atoms with Gasteiger partial charge in [-0.15, -0.1) is 0 Å². The van der Waals surface area contributed by atoms with Crippen molar-refractivity contribution in [2.45, 2.75) is 20.0 Å². The summed E-state index contributed by atoms with van der Waals surface area (Å²) in [5.41, 5.74) is 3.68. The van der Waals surface area contributed by atoms with Gasteiger partial charge in [0.05, 0.1) is 12.8 Å². The largest absolute Gasteiger partial charge is 0.490 e. The molecule has 1 aromatic carbocycles. The highest BCUT2D eigenvalue weighted by atomic mass is 16.5. The van der Waals surface area contributed by atoms with Gasteiger partial charge < -0.3 is 14.4 Å². The van der Waals surface area contributed by atoms with Gasteiger partial charge in [0.2, 0.25) is 0 Å². The maximum atomic E-state index is 12.0. The molecule has 0 aliphatic carbocycles. The van der Waals surface area contributed by atoms with Crippen LogP contribution in [0.1, 0.15) is 19.4 Å². The topological polar surface area (TPSA) is 76.0 Å². The molecule has 0 spiro atoms. The Bertz CT molecular complexity index is 748. The van der Waals surface area contributed by atoms with Crippen molar-refractivity contribution in [1.82, 2.24) is 9.88 Å². The van der Waals surface area contributed by atoms with Crippen LogP contribution in [0.2, 0.25) is 0 Å². The van der Waals surface area contributed by atoms with Gasteiger partial charge in [-0.1, -0.05) is 6.07 Å². The maximum Gasteiger partial charge on any atom is 0.262 e. The van der Waals surface area contributed by atoms with Crippen molar-refractivity contribution in [3.05, 3.63) is 48.2 Å². The molecule has 0 unspecified atom stereocenters. The molecular formula is C19H24N4O3. The molecule has 2 rings (SSSR count). The number of pyridine rings is 1. The van der Waals surface area contributed by atoms with Crippen LogP contribution in [0.25, 0.3) is 0 Å². The van der Waals surface area contributed by atoms with Crippen LogP contribution < -0.4 is 14.9 Å². The predicted molar refractivity (Wildman–Crippen MR) is 102 cm³/mol. The SMILES string of the molecule is CCOc1cc(/C=N\Nc2ccccn2)ccc1O[C@H](C)C(=O)N(C)C. The van der Waals surface area contributed by atoms with Gasteiger partial charge >= 0.3 is 0 Å². The molecule has 1 atom stereocenters. The van der Waals surface area contributed by atoms with E-state index in [1.54, 1.807) is 39.5 Å². The van der Waals surface area contributed by atoms with Gasteiger partial charge in [-0.2, -0.15) is 5.10 Å². The van der Waals surface area contributed by atoms with E-state index in [1.807, 2.05) is 37.3 Å². The molecule has 0 saturated heterocycles. The molecule has 2 aromatic rings. The van der Waals surface area contributed by atoms with Crippen molar-refractivity contribution in [2.24, 2.45) is 5.10 Å². The number of hydrogen-bond acceptors (Lipinski definition) is 6. The van der Waals surface area contributed by atoms with E-state index in [0.29, 0.717) is 23.9 Å². The third kappa shape index (κ3) is 5.47. The smallest absolute Gasteiger partial charge is 0.262 e. The van der Waals surface area contributed by atoms with Gasteiger partial charge in [0, 0.05) is 20.3 Å². The fraction of sp³-hybridized carbons (Fsp3) is 0.316. The molecule has 1 heterocycles. The molecule has 7 heteroatoms. The first-order valence-electron chi connectivity index (χ1n) is 8.36. The van der Waals surface area contributed by atoms with E-state index in [-0.39, 0.29) is 5.91 Å². The van der Waals surface area contributed by atoms with Crippen molar-refractivity contribution in [3.63, 3.8) is 0 Å². The second-order valence-electron chi connectivity index (χ2n) is 5.72. The third-order valence-corrected chi connectivity index (χ3v) is 3.42. The Kier molecular flexibility index (Phi) is 6.96. The normalized spacial score (nSPS) is 11.8. The molecule has 0 radical (unpaired) electrons. The molecule has 0 fully saturated rings. The first-order chi connectivity index (χ1) is 12.5. The summed E-state index contributed by atoms with van der Waals surface area (Å²) in [6.45, 7) is 4.09. The van der Waals surface area contributed by atoms with E-state index in [9.17, 15) is 4.79 Å². The minimum absolute atomic E-state index is 0.113. The molecule has 1 N–H and O–H groups in total. The highest BCUT2D eigenvalue weighted by Crippen LogP contribution is 2.29. The van der Waals surface area contributed by atoms with Gasteiger partial charge in [0.25, 0.3) is 5.91 Å². The first-order valence-corrected chi connectivity index (χ1v) is 8.36. The maximum absolute atomic E-state index is 12.0. The van der Waals surface area contributed by atoms with Crippen LogP contribution >= 0.6 is 0 Å². The lowest BCUT2D eigenvalue weighted by molar-refractivity contribution is -0.135. The molecule has 1 amide bonds. The summed E-state index contributed by atoms with van der Waals surface area (Å²) in [5, 5.41) is 4.16. The van der Waals surface area contributed by atoms with E-state index in [1.165, 1.54) is 4.90 Å². The van der Waals surface area contributed by atoms with E-state index in [0.717, 1.165) is 5.56 Å².